The van der Waals surface area contributed by atoms with Crippen LogP contribution in [0, 0.1) is 5.82 Å². The molecule has 0 spiro atoms. The van der Waals surface area contributed by atoms with E-state index in [9.17, 15) is 4.39 Å². The van der Waals surface area contributed by atoms with Crippen molar-refractivity contribution in [1.82, 2.24) is 20.2 Å². The van der Waals surface area contributed by atoms with Gasteiger partial charge in [0.15, 0.2) is 0 Å². The first kappa shape index (κ1) is 13.9. The van der Waals surface area contributed by atoms with Crippen LogP contribution in [0.1, 0.15) is 17.2 Å². The van der Waals surface area contributed by atoms with Crippen LogP contribution in [0.5, 0.6) is 0 Å². The number of hydrogen-bond donors (Lipinski definition) is 1. The molecule has 1 aliphatic heterocycles. The molecular weight excluding hydrogens is 317 g/mol. The van der Waals surface area contributed by atoms with E-state index in [1.54, 1.807) is 10.7 Å². The Bertz CT molecular complexity index is 887. The van der Waals surface area contributed by atoms with Crippen LogP contribution in [-0.2, 0) is 0 Å². The molecule has 1 unspecified atom stereocenters. The molecule has 1 aromatic heterocycles. The van der Waals surface area contributed by atoms with Gasteiger partial charge in [0.05, 0.1) is 0 Å². The first-order valence-electron chi connectivity index (χ1n) is 6.99. The molecule has 0 fully saturated rings. The van der Waals surface area contributed by atoms with Crippen LogP contribution in [0.3, 0.4) is 0 Å². The first-order chi connectivity index (χ1) is 11.2. The molecule has 0 radical (unpaired) electrons. The Balaban J connectivity index is 1.81. The number of tetrazole rings is 1. The second-order valence-electron chi connectivity index (χ2n) is 5.16. The van der Waals surface area contributed by atoms with Gasteiger partial charge in [0.2, 0.25) is 5.95 Å². The molecule has 0 amide bonds. The molecule has 1 atom stereocenters. The lowest BCUT2D eigenvalue weighted by atomic mass is 10.0. The normalized spacial score (nSPS) is 16.4. The zero-order valence-corrected chi connectivity index (χ0v) is 12.6. The number of nitrogens with zero attached hydrogens (tertiary/aromatic N) is 4. The topological polar surface area (TPSA) is 55.6 Å². The maximum absolute atomic E-state index is 13.6. The van der Waals surface area contributed by atoms with E-state index in [-0.39, 0.29) is 11.9 Å². The largest absolute Gasteiger partial charge is 0.323 e. The summed E-state index contributed by atoms with van der Waals surface area (Å²) >= 11 is 5.94. The summed E-state index contributed by atoms with van der Waals surface area (Å²) in [7, 11) is 0. The van der Waals surface area contributed by atoms with E-state index in [0.29, 0.717) is 11.0 Å². The van der Waals surface area contributed by atoms with Gasteiger partial charge >= 0.3 is 0 Å². The first-order valence-corrected chi connectivity index (χ1v) is 7.36. The molecule has 7 heteroatoms. The second-order valence-corrected chi connectivity index (χ2v) is 5.60. The second kappa shape index (κ2) is 5.48. The fourth-order valence-corrected chi connectivity index (χ4v) is 2.71. The fourth-order valence-electron chi connectivity index (χ4n) is 2.58. The summed E-state index contributed by atoms with van der Waals surface area (Å²) in [5.74, 6) is 0.212. The van der Waals surface area contributed by atoms with Gasteiger partial charge in [-0.3, -0.25) is 0 Å². The number of halogens is 2. The van der Waals surface area contributed by atoms with Gasteiger partial charge in [0.25, 0.3) is 0 Å². The third-order valence-electron chi connectivity index (χ3n) is 3.67. The Morgan fingerprint density at radius 3 is 2.74 bits per heavy atom. The van der Waals surface area contributed by atoms with Gasteiger partial charge in [-0.25, -0.2) is 4.39 Å². The lowest BCUT2D eigenvalue weighted by Gasteiger charge is -2.23. The molecule has 5 nitrogen and oxygen atoms in total. The predicted molar refractivity (Wildman–Crippen MR) is 85.4 cm³/mol. The minimum atomic E-state index is -0.294. The maximum Gasteiger partial charge on any atom is 0.248 e. The van der Waals surface area contributed by atoms with Crippen LogP contribution in [0.15, 0.2) is 54.6 Å². The number of anilines is 1. The quantitative estimate of drug-likeness (QED) is 0.782. The summed E-state index contributed by atoms with van der Waals surface area (Å²) in [6.45, 7) is 0. The highest BCUT2D eigenvalue weighted by molar-refractivity contribution is 6.30. The number of hydrogen-bond acceptors (Lipinski definition) is 4. The zero-order chi connectivity index (χ0) is 15.8. The number of fused-ring (bicyclic) bond motifs is 1. The Morgan fingerprint density at radius 2 is 1.96 bits per heavy atom. The molecule has 1 N–H and O–H groups in total. The lowest BCUT2D eigenvalue weighted by molar-refractivity contribution is 0.576. The molecule has 0 saturated heterocycles. The van der Waals surface area contributed by atoms with Crippen molar-refractivity contribution in [3.63, 3.8) is 0 Å². The highest BCUT2D eigenvalue weighted by Gasteiger charge is 2.24. The van der Waals surface area contributed by atoms with E-state index >= 15 is 0 Å². The fraction of sp³-hybridized carbons (Fsp3) is 0.0625. The van der Waals surface area contributed by atoms with Crippen LogP contribution in [0.4, 0.5) is 10.3 Å². The predicted octanol–water partition coefficient (Wildman–Crippen LogP) is 3.52. The average molecular weight is 328 g/mol. The van der Waals surface area contributed by atoms with Crippen molar-refractivity contribution in [2.75, 3.05) is 5.32 Å². The maximum atomic E-state index is 13.6. The van der Waals surface area contributed by atoms with Crippen LogP contribution in [0.25, 0.3) is 5.70 Å². The van der Waals surface area contributed by atoms with Crippen LogP contribution >= 0.6 is 11.6 Å². The van der Waals surface area contributed by atoms with E-state index in [1.165, 1.54) is 12.1 Å². The molecule has 0 saturated carbocycles. The third kappa shape index (κ3) is 2.57. The van der Waals surface area contributed by atoms with Crippen molar-refractivity contribution in [3.05, 3.63) is 76.6 Å². The van der Waals surface area contributed by atoms with Crippen LogP contribution in [-0.4, -0.2) is 20.2 Å². The molecule has 3 aromatic rings. The van der Waals surface area contributed by atoms with Gasteiger partial charge in [-0.15, -0.1) is 0 Å². The van der Waals surface area contributed by atoms with Crippen molar-refractivity contribution >= 4 is 23.2 Å². The highest BCUT2D eigenvalue weighted by Crippen LogP contribution is 2.31. The standard InChI is InChI=1S/C16H11ClFN5/c17-12-6-4-10(5-7-12)14-9-15(11-2-1-3-13(18)8-11)23-16(19-14)20-21-22-23/h1-9,15H,(H,19,20,22). The lowest BCUT2D eigenvalue weighted by Crippen LogP contribution is -2.20. The molecule has 23 heavy (non-hydrogen) atoms. The number of aromatic nitrogens is 4. The molecule has 2 heterocycles. The molecule has 114 valence electrons. The SMILES string of the molecule is Fc1cccc(C2C=C(c3ccc(Cl)cc3)Nc3nnnn32)c1. The van der Waals surface area contributed by atoms with Crippen molar-refractivity contribution in [1.29, 1.82) is 0 Å². The summed E-state index contributed by atoms with van der Waals surface area (Å²) in [6, 6.07) is 13.6. The number of nitrogens with one attached hydrogen (secondary N) is 1. The molecule has 4 rings (SSSR count). The smallest absolute Gasteiger partial charge is 0.248 e. The Hall–Kier alpha value is -2.73. The molecule has 0 bridgehead atoms. The molecular formula is C16H11ClFN5. The van der Waals surface area contributed by atoms with E-state index in [4.69, 9.17) is 11.6 Å². The van der Waals surface area contributed by atoms with Gasteiger partial charge in [0, 0.05) is 10.7 Å². The van der Waals surface area contributed by atoms with Crippen LogP contribution in [0.2, 0.25) is 5.02 Å². The minimum Gasteiger partial charge on any atom is -0.323 e. The van der Waals surface area contributed by atoms with Gasteiger partial charge in [-0.05, 0) is 51.9 Å². The molecule has 2 aromatic carbocycles. The van der Waals surface area contributed by atoms with Crippen molar-refractivity contribution < 1.29 is 4.39 Å². The third-order valence-corrected chi connectivity index (χ3v) is 3.92. The van der Waals surface area contributed by atoms with E-state index < -0.39 is 0 Å². The zero-order valence-electron chi connectivity index (χ0n) is 11.8. The minimum absolute atomic E-state index is 0.289. The number of allylic oxidation sites excluding steroid dienone is 1. The summed E-state index contributed by atoms with van der Waals surface area (Å²) in [5.41, 5.74) is 2.56. The number of benzene rings is 2. The van der Waals surface area contributed by atoms with E-state index in [0.717, 1.165) is 16.8 Å². The van der Waals surface area contributed by atoms with Gasteiger partial charge in [-0.1, -0.05) is 41.0 Å². The Morgan fingerprint density at radius 1 is 1.13 bits per heavy atom. The average Bonchev–Trinajstić information content (AvgIpc) is 3.03. The molecule has 0 aliphatic carbocycles. The summed E-state index contributed by atoms with van der Waals surface area (Å²) < 4.78 is 15.2. The monoisotopic (exact) mass is 327 g/mol. The van der Waals surface area contributed by atoms with Gasteiger partial charge < -0.3 is 5.32 Å². The summed E-state index contributed by atoms with van der Waals surface area (Å²) in [4.78, 5) is 0. The van der Waals surface area contributed by atoms with Crippen LogP contribution < -0.4 is 5.32 Å². The van der Waals surface area contributed by atoms with Gasteiger partial charge in [0.1, 0.15) is 11.9 Å². The van der Waals surface area contributed by atoms with Crippen molar-refractivity contribution in [2.24, 2.45) is 0 Å². The van der Waals surface area contributed by atoms with E-state index in [2.05, 4.69) is 20.8 Å². The summed E-state index contributed by atoms with van der Waals surface area (Å²) in [6.07, 6.45) is 1.96. The summed E-state index contributed by atoms with van der Waals surface area (Å²) in [5, 5.41) is 15.5. The van der Waals surface area contributed by atoms with Crippen molar-refractivity contribution in [3.8, 4) is 0 Å². The Kier molecular flexibility index (Phi) is 3.31. The molecule has 1 aliphatic rings. The van der Waals surface area contributed by atoms with Gasteiger partial charge in [-0.2, -0.15) is 4.68 Å². The van der Waals surface area contributed by atoms with Crippen molar-refractivity contribution in [2.45, 2.75) is 6.04 Å². The number of rotatable bonds is 2. The Labute approximate surface area is 136 Å². The van der Waals surface area contributed by atoms with E-state index in [1.807, 2.05) is 36.4 Å². The highest BCUT2D eigenvalue weighted by atomic mass is 35.5.